The first-order valence-corrected chi connectivity index (χ1v) is 4.67. The van der Waals surface area contributed by atoms with Gasteiger partial charge in [0.1, 0.15) is 6.42 Å². The molecule has 4 N–H and O–H groups in total. The summed E-state index contributed by atoms with van der Waals surface area (Å²) in [4.78, 5) is 11.0. The maximum Gasteiger partial charge on any atom is 0.397 e. The molecule has 0 aromatic heterocycles. The van der Waals surface area contributed by atoms with Crippen LogP contribution in [0.3, 0.4) is 0 Å². The van der Waals surface area contributed by atoms with Crippen LogP contribution in [0.2, 0.25) is 0 Å². The predicted octanol–water partition coefficient (Wildman–Crippen LogP) is 0.580. The summed E-state index contributed by atoms with van der Waals surface area (Å²) < 4.78 is 35.7. The van der Waals surface area contributed by atoms with Gasteiger partial charge in [-0.3, -0.25) is 4.79 Å². The van der Waals surface area contributed by atoms with Crippen molar-refractivity contribution in [2.45, 2.75) is 31.5 Å². The third kappa shape index (κ3) is 3.95. The van der Waals surface area contributed by atoms with Gasteiger partial charge in [-0.25, -0.2) is 0 Å². The molecule has 0 spiro atoms. The molecule has 1 aliphatic rings. The Hall–Kier alpha value is -1.47. The molecule has 8 heteroatoms. The predicted molar refractivity (Wildman–Crippen MR) is 48.7 cm³/mol. The lowest BCUT2D eigenvalue weighted by Gasteiger charge is -2.17. The highest BCUT2D eigenvalue weighted by molar-refractivity contribution is 5.90. The van der Waals surface area contributed by atoms with Crippen molar-refractivity contribution in [1.29, 1.82) is 0 Å². The summed E-state index contributed by atoms with van der Waals surface area (Å²) >= 11 is 0. The molecule has 0 aromatic rings. The van der Waals surface area contributed by atoms with E-state index in [1.54, 1.807) is 0 Å². The van der Waals surface area contributed by atoms with Gasteiger partial charge in [-0.2, -0.15) is 13.2 Å². The van der Waals surface area contributed by atoms with Gasteiger partial charge >= 0.3 is 6.18 Å². The van der Waals surface area contributed by atoms with Crippen LogP contribution in [0.5, 0.6) is 0 Å². The highest BCUT2D eigenvalue weighted by atomic mass is 19.4. The maximum absolute atomic E-state index is 11.9. The smallest absolute Gasteiger partial charge is 0.397 e. The van der Waals surface area contributed by atoms with Crippen LogP contribution >= 0.6 is 0 Å². The molecular formula is C8H12F3N3O2. The van der Waals surface area contributed by atoms with Crippen LogP contribution in [0.4, 0.5) is 13.2 Å². The fraction of sp³-hybridized carbons (Fsp3) is 0.750. The number of hydrogen-bond donors (Lipinski definition) is 3. The molecule has 0 bridgehead atoms. The van der Waals surface area contributed by atoms with Crippen molar-refractivity contribution in [2.75, 3.05) is 0 Å². The zero-order valence-corrected chi connectivity index (χ0v) is 8.29. The number of amidine groups is 1. The lowest BCUT2D eigenvalue weighted by atomic mass is 10.1. The van der Waals surface area contributed by atoms with E-state index in [1.807, 2.05) is 0 Å². The Labute approximate surface area is 89.5 Å². The number of nitrogens with two attached hydrogens (primary N) is 1. The summed E-state index contributed by atoms with van der Waals surface area (Å²) in [6.07, 6.45) is -4.63. The summed E-state index contributed by atoms with van der Waals surface area (Å²) in [7, 11) is 0. The van der Waals surface area contributed by atoms with Crippen LogP contribution in [0.1, 0.15) is 19.3 Å². The second-order valence-electron chi connectivity index (χ2n) is 3.70. The minimum Gasteiger partial charge on any atom is -0.409 e. The number of carbonyl (C=O) groups excluding carboxylic acids is 1. The van der Waals surface area contributed by atoms with Gasteiger partial charge in [0, 0.05) is 0 Å². The van der Waals surface area contributed by atoms with E-state index in [1.165, 1.54) is 0 Å². The summed E-state index contributed by atoms with van der Waals surface area (Å²) in [6.45, 7) is 0. The second kappa shape index (κ2) is 4.58. The largest absolute Gasteiger partial charge is 0.409 e. The van der Waals surface area contributed by atoms with Crippen molar-refractivity contribution in [3.05, 3.63) is 0 Å². The number of nitrogens with zero attached hydrogens (tertiary/aromatic N) is 1. The zero-order valence-electron chi connectivity index (χ0n) is 8.29. The van der Waals surface area contributed by atoms with Gasteiger partial charge in [0.25, 0.3) is 0 Å². The molecule has 0 aliphatic heterocycles. The number of carbonyl (C=O) groups is 1. The minimum absolute atomic E-state index is 0.0342. The van der Waals surface area contributed by atoms with Crippen molar-refractivity contribution in [1.82, 2.24) is 5.32 Å². The fourth-order valence-corrected chi connectivity index (χ4v) is 1.33. The Kier molecular flexibility index (Phi) is 3.61. The normalized spacial score (nSPS) is 19.3. The number of hydrogen-bond acceptors (Lipinski definition) is 3. The van der Waals surface area contributed by atoms with Crippen LogP contribution in [-0.4, -0.2) is 29.2 Å². The highest BCUT2D eigenvalue weighted by Crippen LogP contribution is 2.33. The molecule has 5 nitrogen and oxygen atoms in total. The van der Waals surface area contributed by atoms with E-state index in [2.05, 4.69) is 10.5 Å². The van der Waals surface area contributed by atoms with Crippen molar-refractivity contribution in [3.8, 4) is 0 Å². The topological polar surface area (TPSA) is 87.7 Å². The van der Waals surface area contributed by atoms with Gasteiger partial charge in [0.2, 0.25) is 5.91 Å². The van der Waals surface area contributed by atoms with Crippen molar-refractivity contribution in [3.63, 3.8) is 0 Å². The van der Waals surface area contributed by atoms with E-state index in [0.29, 0.717) is 0 Å². The monoisotopic (exact) mass is 239 g/mol. The number of amides is 1. The van der Waals surface area contributed by atoms with Crippen LogP contribution in [-0.2, 0) is 4.79 Å². The first kappa shape index (κ1) is 12.6. The highest BCUT2D eigenvalue weighted by Gasteiger charge is 2.38. The fourth-order valence-electron chi connectivity index (χ4n) is 1.33. The Bertz CT molecular complexity index is 299. The quantitative estimate of drug-likeness (QED) is 0.290. The first-order valence-electron chi connectivity index (χ1n) is 4.67. The molecule has 0 heterocycles. The number of oxime groups is 1. The Morgan fingerprint density at radius 2 is 2.12 bits per heavy atom. The summed E-state index contributed by atoms with van der Waals surface area (Å²) in [5.41, 5.74) is 5.27. The summed E-state index contributed by atoms with van der Waals surface area (Å²) in [5.74, 6) is -1.47. The van der Waals surface area contributed by atoms with Gasteiger partial charge < -0.3 is 16.3 Å². The number of nitrogens with one attached hydrogen (secondary N) is 1. The molecule has 92 valence electrons. The van der Waals surface area contributed by atoms with Gasteiger partial charge in [-0.1, -0.05) is 5.16 Å². The summed E-state index contributed by atoms with van der Waals surface area (Å²) in [5, 5.41) is 13.2. The molecule has 1 aliphatic carbocycles. The maximum atomic E-state index is 11.9. The number of alkyl halides is 3. The SMILES string of the molecule is NC(=NO)C(NC(=O)CC(F)(F)F)C1CC1. The summed E-state index contributed by atoms with van der Waals surface area (Å²) in [6, 6.07) is -0.806. The zero-order chi connectivity index (χ0) is 12.3. The number of rotatable bonds is 4. The molecule has 16 heavy (non-hydrogen) atoms. The van der Waals surface area contributed by atoms with Crippen LogP contribution in [0.25, 0.3) is 0 Å². The van der Waals surface area contributed by atoms with Crippen LogP contribution < -0.4 is 11.1 Å². The first-order chi connectivity index (χ1) is 7.33. The van der Waals surface area contributed by atoms with Gasteiger partial charge in [-0.15, -0.1) is 0 Å². The van der Waals surface area contributed by atoms with Crippen molar-refractivity contribution in [2.24, 2.45) is 16.8 Å². The second-order valence-corrected chi connectivity index (χ2v) is 3.70. The Morgan fingerprint density at radius 3 is 2.50 bits per heavy atom. The van der Waals surface area contributed by atoms with Crippen LogP contribution in [0, 0.1) is 5.92 Å². The third-order valence-corrected chi connectivity index (χ3v) is 2.21. The molecule has 1 amide bonds. The molecule has 1 unspecified atom stereocenters. The Balaban J connectivity index is 2.52. The van der Waals surface area contributed by atoms with Gasteiger partial charge in [0.05, 0.1) is 6.04 Å². The molecule has 1 fully saturated rings. The standard InChI is InChI=1S/C8H12F3N3O2/c9-8(10,11)3-5(15)13-6(4-1-2-4)7(12)14-16/h4,6,16H,1-3H2,(H2,12,14)(H,13,15). The molecule has 0 saturated heterocycles. The lowest BCUT2D eigenvalue weighted by Crippen LogP contribution is -2.47. The van der Waals surface area contributed by atoms with E-state index in [-0.39, 0.29) is 11.8 Å². The molecular weight excluding hydrogens is 227 g/mol. The van der Waals surface area contributed by atoms with E-state index in [4.69, 9.17) is 10.9 Å². The molecule has 0 radical (unpaired) electrons. The van der Waals surface area contributed by atoms with Crippen molar-refractivity contribution >= 4 is 11.7 Å². The Morgan fingerprint density at radius 1 is 1.56 bits per heavy atom. The van der Waals surface area contributed by atoms with E-state index in [9.17, 15) is 18.0 Å². The molecule has 1 rings (SSSR count). The average Bonchev–Trinajstić information content (AvgIpc) is 2.93. The average molecular weight is 239 g/mol. The third-order valence-electron chi connectivity index (χ3n) is 2.21. The van der Waals surface area contributed by atoms with Crippen LogP contribution in [0.15, 0.2) is 5.16 Å². The van der Waals surface area contributed by atoms with E-state index in [0.717, 1.165) is 12.8 Å². The number of halogens is 3. The lowest BCUT2D eigenvalue weighted by molar-refractivity contribution is -0.154. The minimum atomic E-state index is -4.55. The van der Waals surface area contributed by atoms with Gasteiger partial charge in [-0.05, 0) is 18.8 Å². The molecule has 1 atom stereocenters. The molecule has 0 aromatic carbocycles. The van der Waals surface area contributed by atoms with E-state index >= 15 is 0 Å². The molecule has 1 saturated carbocycles. The van der Waals surface area contributed by atoms with Gasteiger partial charge in [0.15, 0.2) is 5.84 Å². The van der Waals surface area contributed by atoms with E-state index < -0.39 is 24.5 Å². The van der Waals surface area contributed by atoms with Crippen molar-refractivity contribution < 1.29 is 23.2 Å².